The number of allylic oxidation sites excluding steroid dienone is 1. The Hall–Kier alpha value is -5.19. The van der Waals surface area contributed by atoms with Gasteiger partial charge in [0, 0.05) is 23.4 Å². The maximum Gasteiger partial charge on any atom is 0.270 e. The van der Waals surface area contributed by atoms with Gasteiger partial charge in [-0.3, -0.25) is 14.9 Å². The Kier molecular flexibility index (Phi) is 6.48. The Morgan fingerprint density at radius 1 is 1.11 bits per heavy atom. The van der Waals surface area contributed by atoms with Gasteiger partial charge in [-0.05, 0) is 30.2 Å². The van der Waals surface area contributed by atoms with Gasteiger partial charge in [0.2, 0.25) is 11.9 Å². The summed E-state index contributed by atoms with van der Waals surface area (Å²) in [5.41, 5.74) is 8.67. The lowest BCUT2D eigenvalue weighted by molar-refractivity contribution is -0.384. The average Bonchev–Trinajstić information content (AvgIpc) is 3.35. The number of methoxy groups -OCH3 is 1. The van der Waals surface area contributed by atoms with Crippen LogP contribution in [0, 0.1) is 10.1 Å². The molecule has 0 fully saturated rings. The number of primary amides is 1. The molecule has 0 bridgehead atoms. The monoisotopic (exact) mass is 512 g/mol. The lowest BCUT2D eigenvalue weighted by Gasteiger charge is -2.28. The molecule has 3 N–H and O–H groups in total. The van der Waals surface area contributed by atoms with Crippen molar-refractivity contribution in [2.45, 2.75) is 19.6 Å². The van der Waals surface area contributed by atoms with E-state index in [1.54, 1.807) is 35.9 Å². The number of carbonyl (C=O) groups excluding carboxylic acids is 1. The van der Waals surface area contributed by atoms with Gasteiger partial charge in [0.05, 0.1) is 17.6 Å². The molecule has 0 spiro atoms. The van der Waals surface area contributed by atoms with Gasteiger partial charge in [-0.1, -0.05) is 48.5 Å². The minimum absolute atomic E-state index is 0.0808. The summed E-state index contributed by atoms with van der Waals surface area (Å²) in [6, 6.07) is 20.4. The number of nitro benzene ring substituents is 1. The molecule has 0 saturated carbocycles. The normalized spacial score (nSPS) is 14.4. The van der Waals surface area contributed by atoms with Crippen molar-refractivity contribution in [2.24, 2.45) is 5.73 Å². The average molecular weight is 513 g/mol. The third-order valence-electron chi connectivity index (χ3n) is 6.17. The van der Waals surface area contributed by atoms with Gasteiger partial charge in [0.25, 0.3) is 5.69 Å². The van der Waals surface area contributed by atoms with Crippen molar-refractivity contribution in [1.29, 1.82) is 0 Å². The van der Waals surface area contributed by atoms with Crippen LogP contribution in [0.15, 0.2) is 84.1 Å². The summed E-state index contributed by atoms with van der Waals surface area (Å²) < 4.78 is 13.1. The van der Waals surface area contributed by atoms with Crippen molar-refractivity contribution in [3.63, 3.8) is 0 Å². The summed E-state index contributed by atoms with van der Waals surface area (Å²) in [6.07, 6.45) is 0. The number of nitrogens with one attached hydrogen (secondary N) is 1. The van der Waals surface area contributed by atoms with Crippen LogP contribution >= 0.6 is 0 Å². The van der Waals surface area contributed by atoms with Crippen LogP contribution in [0.2, 0.25) is 0 Å². The number of carbonyl (C=O) groups is 1. The van der Waals surface area contributed by atoms with Crippen molar-refractivity contribution in [3.8, 4) is 22.9 Å². The number of nitro groups is 1. The molecule has 4 aromatic rings. The minimum Gasteiger partial charge on any atom is -0.493 e. The minimum atomic E-state index is -0.722. The highest BCUT2D eigenvalue weighted by molar-refractivity contribution is 5.95. The second kappa shape index (κ2) is 10.1. The van der Waals surface area contributed by atoms with E-state index in [0.29, 0.717) is 46.5 Å². The topological polar surface area (TPSA) is 147 Å². The Labute approximate surface area is 217 Å². The van der Waals surface area contributed by atoms with E-state index in [1.165, 1.54) is 19.2 Å². The predicted octanol–water partition coefficient (Wildman–Crippen LogP) is 4.22. The number of aromatic nitrogens is 3. The number of nitrogens with zero attached hydrogens (tertiary/aromatic N) is 4. The molecule has 1 unspecified atom stereocenters. The standard InChI is InChI=1S/C27H24N6O5/c1-16-23(25(28)34)24(18-11-12-21(22(14-18)37-2)38-15-17-7-4-3-5-8-17)32-27(29-16)30-26(31-32)19-9-6-10-20(13-19)33(35)36/h3-14,24H,15H2,1-2H3,(H2,28,34)(H,29,30,31). The van der Waals surface area contributed by atoms with E-state index >= 15 is 0 Å². The van der Waals surface area contributed by atoms with E-state index in [1.807, 2.05) is 36.4 Å². The molecule has 0 radical (unpaired) electrons. The number of anilines is 1. The van der Waals surface area contributed by atoms with Gasteiger partial charge in [-0.2, -0.15) is 4.98 Å². The predicted molar refractivity (Wildman–Crippen MR) is 140 cm³/mol. The molecular formula is C27H24N6O5. The lowest BCUT2D eigenvalue weighted by Crippen LogP contribution is -2.31. The third kappa shape index (κ3) is 4.64. The molecule has 1 aromatic heterocycles. The van der Waals surface area contributed by atoms with Crippen LogP contribution in [0.25, 0.3) is 11.4 Å². The molecule has 3 aromatic carbocycles. The molecule has 1 atom stereocenters. The highest BCUT2D eigenvalue weighted by atomic mass is 16.6. The van der Waals surface area contributed by atoms with E-state index < -0.39 is 16.9 Å². The van der Waals surface area contributed by atoms with Crippen molar-refractivity contribution >= 4 is 17.5 Å². The Morgan fingerprint density at radius 2 is 1.89 bits per heavy atom. The number of hydrogen-bond donors (Lipinski definition) is 2. The zero-order chi connectivity index (χ0) is 26.8. The molecule has 0 saturated heterocycles. The van der Waals surface area contributed by atoms with Crippen LogP contribution in [0.4, 0.5) is 11.6 Å². The zero-order valence-electron chi connectivity index (χ0n) is 20.6. The van der Waals surface area contributed by atoms with Gasteiger partial charge in [0.1, 0.15) is 12.6 Å². The summed E-state index contributed by atoms with van der Waals surface area (Å²) in [5.74, 6) is 1.00. The van der Waals surface area contributed by atoms with Crippen LogP contribution in [0.5, 0.6) is 11.5 Å². The molecule has 1 aliphatic rings. The Morgan fingerprint density at radius 3 is 2.61 bits per heavy atom. The van der Waals surface area contributed by atoms with Gasteiger partial charge in [-0.15, -0.1) is 5.10 Å². The highest BCUT2D eigenvalue weighted by Gasteiger charge is 2.34. The molecule has 11 heteroatoms. The zero-order valence-corrected chi connectivity index (χ0v) is 20.6. The van der Waals surface area contributed by atoms with E-state index in [2.05, 4.69) is 15.4 Å². The number of nitrogens with two attached hydrogens (primary N) is 1. The number of non-ortho nitro benzene ring substituents is 1. The molecule has 38 heavy (non-hydrogen) atoms. The van der Waals surface area contributed by atoms with Gasteiger partial charge < -0.3 is 20.5 Å². The van der Waals surface area contributed by atoms with E-state index in [4.69, 9.17) is 15.2 Å². The maximum atomic E-state index is 12.6. The Bertz CT molecular complexity index is 1560. The molecule has 0 aliphatic carbocycles. The number of hydrogen-bond acceptors (Lipinski definition) is 8. The largest absolute Gasteiger partial charge is 0.493 e. The number of benzene rings is 3. The number of ether oxygens (including phenoxy) is 2. The summed E-state index contributed by atoms with van der Waals surface area (Å²) >= 11 is 0. The van der Waals surface area contributed by atoms with Crippen LogP contribution in [0.1, 0.15) is 24.1 Å². The van der Waals surface area contributed by atoms with Crippen molar-refractivity contribution in [3.05, 3.63) is 105 Å². The maximum absolute atomic E-state index is 12.6. The van der Waals surface area contributed by atoms with Crippen LogP contribution in [-0.4, -0.2) is 32.7 Å². The molecule has 2 heterocycles. The summed E-state index contributed by atoms with van der Waals surface area (Å²) in [5, 5.41) is 18.9. The first-order chi connectivity index (χ1) is 18.4. The second-order valence-corrected chi connectivity index (χ2v) is 8.63. The van der Waals surface area contributed by atoms with Gasteiger partial charge >= 0.3 is 0 Å². The lowest BCUT2D eigenvalue weighted by atomic mass is 9.95. The first kappa shape index (κ1) is 24.5. The smallest absolute Gasteiger partial charge is 0.270 e. The van der Waals surface area contributed by atoms with Crippen LogP contribution in [0.3, 0.4) is 0 Å². The quantitative estimate of drug-likeness (QED) is 0.263. The molecule has 1 amide bonds. The van der Waals surface area contributed by atoms with Gasteiger partial charge in [0.15, 0.2) is 17.3 Å². The third-order valence-corrected chi connectivity index (χ3v) is 6.17. The van der Waals surface area contributed by atoms with E-state index in [-0.39, 0.29) is 11.5 Å². The van der Waals surface area contributed by atoms with Crippen LogP contribution in [-0.2, 0) is 11.4 Å². The first-order valence-corrected chi connectivity index (χ1v) is 11.7. The fourth-order valence-corrected chi connectivity index (χ4v) is 4.37. The van der Waals surface area contributed by atoms with Gasteiger partial charge in [-0.25, -0.2) is 4.68 Å². The van der Waals surface area contributed by atoms with Crippen LogP contribution < -0.4 is 20.5 Å². The summed E-state index contributed by atoms with van der Waals surface area (Å²) in [4.78, 5) is 27.9. The summed E-state index contributed by atoms with van der Waals surface area (Å²) in [7, 11) is 1.54. The van der Waals surface area contributed by atoms with E-state index in [0.717, 1.165) is 5.56 Å². The van der Waals surface area contributed by atoms with E-state index in [9.17, 15) is 14.9 Å². The fourth-order valence-electron chi connectivity index (χ4n) is 4.37. The van der Waals surface area contributed by atoms with Crippen molar-refractivity contribution < 1.29 is 19.2 Å². The molecule has 192 valence electrons. The second-order valence-electron chi connectivity index (χ2n) is 8.63. The Balaban J connectivity index is 1.54. The van der Waals surface area contributed by atoms with Crippen molar-refractivity contribution in [2.75, 3.05) is 12.4 Å². The molecule has 1 aliphatic heterocycles. The fraction of sp³-hybridized carbons (Fsp3) is 0.148. The molecular weight excluding hydrogens is 488 g/mol. The number of amides is 1. The molecule has 11 nitrogen and oxygen atoms in total. The summed E-state index contributed by atoms with van der Waals surface area (Å²) in [6.45, 7) is 2.09. The highest BCUT2D eigenvalue weighted by Crippen LogP contribution is 2.39. The SMILES string of the molecule is COc1cc(C2C(C(N)=O)=C(C)Nc3nc(-c4cccc([N+](=O)[O-])c4)nn32)ccc1OCc1ccccc1. The first-order valence-electron chi connectivity index (χ1n) is 11.7. The molecule has 5 rings (SSSR count). The number of rotatable bonds is 8. The van der Waals surface area contributed by atoms with Crippen molar-refractivity contribution in [1.82, 2.24) is 14.8 Å². The number of fused-ring (bicyclic) bond motifs is 1.